The molecule has 2 aliphatic carbocycles. The number of nitrogens with two attached hydrogens (primary N) is 1. The maximum atomic E-state index is 6.15. The molecule has 0 bridgehead atoms. The van der Waals surface area contributed by atoms with Crippen molar-refractivity contribution in [3.63, 3.8) is 0 Å². The summed E-state index contributed by atoms with van der Waals surface area (Å²) in [6.45, 7) is 2.20. The van der Waals surface area contributed by atoms with Gasteiger partial charge in [0.25, 0.3) is 0 Å². The fourth-order valence-electron chi connectivity index (χ4n) is 4.41. The Morgan fingerprint density at radius 1 is 1.16 bits per heavy atom. The van der Waals surface area contributed by atoms with Gasteiger partial charge in [0.2, 0.25) is 0 Å². The summed E-state index contributed by atoms with van der Waals surface area (Å²) in [7, 11) is 1.98. The second-order valence-corrected chi connectivity index (χ2v) is 6.54. The molecule has 0 saturated heterocycles. The Morgan fingerprint density at radius 3 is 2.63 bits per heavy atom. The zero-order valence-electron chi connectivity index (χ0n) is 12.4. The van der Waals surface area contributed by atoms with Crippen LogP contribution in [-0.2, 0) is 13.5 Å². The van der Waals surface area contributed by atoms with Gasteiger partial charge in [0, 0.05) is 18.5 Å². The van der Waals surface area contributed by atoms with E-state index in [4.69, 9.17) is 10.8 Å². The van der Waals surface area contributed by atoms with Crippen LogP contribution in [0.3, 0.4) is 0 Å². The summed E-state index contributed by atoms with van der Waals surface area (Å²) in [5, 5.41) is 4.73. The summed E-state index contributed by atoms with van der Waals surface area (Å²) in [5.74, 6) is 3.51. The van der Waals surface area contributed by atoms with E-state index in [-0.39, 0.29) is 0 Å². The molecule has 1 aromatic heterocycles. The van der Waals surface area contributed by atoms with Gasteiger partial charge in [-0.15, -0.1) is 0 Å². The Hall–Kier alpha value is -0.990. The van der Waals surface area contributed by atoms with Crippen LogP contribution < -0.4 is 5.73 Å². The van der Waals surface area contributed by atoms with Crippen LogP contribution >= 0.6 is 0 Å². The van der Waals surface area contributed by atoms with Crippen molar-refractivity contribution < 1.29 is 0 Å². The molecule has 106 valence electrons. The first-order valence-corrected chi connectivity index (χ1v) is 8.02. The van der Waals surface area contributed by atoms with Gasteiger partial charge in [0.15, 0.2) is 0 Å². The molecule has 2 N–H and O–H groups in total. The van der Waals surface area contributed by atoms with E-state index in [2.05, 4.69) is 6.92 Å². The third-order valence-corrected chi connectivity index (χ3v) is 5.50. The maximum Gasteiger partial charge on any atom is 0.124 e. The minimum absolute atomic E-state index is 0.665. The lowest BCUT2D eigenvalue weighted by Crippen LogP contribution is -2.27. The van der Waals surface area contributed by atoms with Crippen LogP contribution in [0.1, 0.15) is 69.0 Å². The topological polar surface area (TPSA) is 43.8 Å². The number of aryl methyl sites for hydroxylation is 1. The van der Waals surface area contributed by atoms with Crippen molar-refractivity contribution in [1.29, 1.82) is 0 Å². The number of anilines is 1. The number of fused-ring (bicyclic) bond motifs is 1. The first kappa shape index (κ1) is 13.0. The molecule has 0 spiro atoms. The second-order valence-electron chi connectivity index (χ2n) is 6.54. The zero-order valence-corrected chi connectivity index (χ0v) is 12.4. The molecule has 2 fully saturated rings. The SMILES string of the molecule is CCc1c(C2CCC3CCCCC3C2)nn(C)c1N. The molecule has 3 nitrogen and oxygen atoms in total. The van der Waals surface area contributed by atoms with Crippen molar-refractivity contribution in [2.75, 3.05) is 5.73 Å². The van der Waals surface area contributed by atoms with Crippen LogP contribution in [0.2, 0.25) is 0 Å². The third kappa shape index (κ3) is 2.28. The fraction of sp³-hybridized carbons (Fsp3) is 0.812. The smallest absolute Gasteiger partial charge is 0.124 e. The highest BCUT2D eigenvalue weighted by molar-refractivity contribution is 5.44. The van der Waals surface area contributed by atoms with E-state index in [0.717, 1.165) is 24.1 Å². The van der Waals surface area contributed by atoms with Crippen LogP contribution in [0.5, 0.6) is 0 Å². The van der Waals surface area contributed by atoms with Gasteiger partial charge in [-0.25, -0.2) is 0 Å². The Morgan fingerprint density at radius 2 is 1.89 bits per heavy atom. The quantitative estimate of drug-likeness (QED) is 0.883. The highest BCUT2D eigenvalue weighted by atomic mass is 15.3. The molecule has 3 heteroatoms. The molecule has 1 aromatic rings. The fourth-order valence-corrected chi connectivity index (χ4v) is 4.41. The molecule has 19 heavy (non-hydrogen) atoms. The standard InChI is InChI=1S/C16H27N3/c1-3-14-15(18-19(2)16(14)17)13-9-8-11-6-4-5-7-12(11)10-13/h11-13H,3-10,17H2,1-2H3. The molecular weight excluding hydrogens is 234 g/mol. The van der Waals surface area contributed by atoms with Crippen LogP contribution in [-0.4, -0.2) is 9.78 Å². The summed E-state index contributed by atoms with van der Waals surface area (Å²) in [6, 6.07) is 0. The van der Waals surface area contributed by atoms with Crippen molar-refractivity contribution in [2.24, 2.45) is 18.9 Å². The molecule has 0 radical (unpaired) electrons. The molecule has 0 aliphatic heterocycles. The Labute approximate surface area is 116 Å². The summed E-state index contributed by atoms with van der Waals surface area (Å²) in [6.07, 6.45) is 10.9. The highest BCUT2D eigenvalue weighted by Gasteiger charge is 2.34. The van der Waals surface area contributed by atoms with Crippen LogP contribution in [0, 0.1) is 11.8 Å². The van der Waals surface area contributed by atoms with Gasteiger partial charge in [-0.3, -0.25) is 4.68 Å². The van der Waals surface area contributed by atoms with Gasteiger partial charge in [0.1, 0.15) is 5.82 Å². The Balaban J connectivity index is 1.81. The number of hydrogen-bond acceptors (Lipinski definition) is 2. The lowest BCUT2D eigenvalue weighted by Gasteiger charge is -2.39. The molecule has 3 unspecified atom stereocenters. The van der Waals surface area contributed by atoms with Crippen molar-refractivity contribution in [3.8, 4) is 0 Å². The van der Waals surface area contributed by atoms with Crippen LogP contribution in [0.15, 0.2) is 0 Å². The van der Waals surface area contributed by atoms with E-state index < -0.39 is 0 Å². The second kappa shape index (κ2) is 5.18. The number of nitrogens with zero attached hydrogens (tertiary/aromatic N) is 2. The number of rotatable bonds is 2. The van der Waals surface area contributed by atoms with Gasteiger partial charge in [0.05, 0.1) is 5.69 Å². The molecule has 2 aliphatic rings. The normalized spacial score (nSPS) is 31.2. The van der Waals surface area contributed by atoms with Gasteiger partial charge in [-0.05, 0) is 37.5 Å². The van der Waals surface area contributed by atoms with E-state index >= 15 is 0 Å². The van der Waals surface area contributed by atoms with E-state index in [1.807, 2.05) is 11.7 Å². The van der Waals surface area contributed by atoms with Gasteiger partial charge < -0.3 is 5.73 Å². The monoisotopic (exact) mass is 261 g/mol. The summed E-state index contributed by atoms with van der Waals surface area (Å²) < 4.78 is 1.88. The molecular formula is C16H27N3. The average molecular weight is 261 g/mol. The zero-order chi connectivity index (χ0) is 13.4. The number of aromatic nitrogens is 2. The summed E-state index contributed by atoms with van der Waals surface area (Å²) >= 11 is 0. The van der Waals surface area contributed by atoms with E-state index in [9.17, 15) is 0 Å². The Bertz CT molecular complexity index is 449. The molecule has 0 amide bonds. The predicted octanol–water partition coefficient (Wildman–Crippen LogP) is 3.64. The van der Waals surface area contributed by atoms with E-state index in [1.165, 1.54) is 56.2 Å². The third-order valence-electron chi connectivity index (χ3n) is 5.50. The van der Waals surface area contributed by atoms with Crippen molar-refractivity contribution in [3.05, 3.63) is 11.3 Å². The highest BCUT2D eigenvalue weighted by Crippen LogP contribution is 2.46. The van der Waals surface area contributed by atoms with Gasteiger partial charge >= 0.3 is 0 Å². The summed E-state index contributed by atoms with van der Waals surface area (Å²) in [5.41, 5.74) is 8.77. The molecule has 2 saturated carbocycles. The average Bonchev–Trinajstić information content (AvgIpc) is 2.74. The number of nitrogen functional groups attached to an aromatic ring is 1. The van der Waals surface area contributed by atoms with Gasteiger partial charge in [-0.2, -0.15) is 5.10 Å². The minimum atomic E-state index is 0.665. The molecule has 0 aromatic carbocycles. The van der Waals surface area contributed by atoms with E-state index in [1.54, 1.807) is 0 Å². The Kier molecular flexibility index (Phi) is 3.55. The van der Waals surface area contributed by atoms with Crippen molar-refractivity contribution in [1.82, 2.24) is 9.78 Å². The molecule has 3 rings (SSSR count). The molecule has 1 heterocycles. The van der Waals surface area contributed by atoms with Crippen LogP contribution in [0.4, 0.5) is 5.82 Å². The predicted molar refractivity (Wildman–Crippen MR) is 79.0 cm³/mol. The number of hydrogen-bond donors (Lipinski definition) is 1. The lowest BCUT2D eigenvalue weighted by molar-refractivity contribution is 0.154. The lowest BCUT2D eigenvalue weighted by atomic mass is 9.66. The first-order chi connectivity index (χ1) is 9.20. The molecule has 3 atom stereocenters. The van der Waals surface area contributed by atoms with Gasteiger partial charge in [-0.1, -0.05) is 32.6 Å². The van der Waals surface area contributed by atoms with Crippen LogP contribution in [0.25, 0.3) is 0 Å². The largest absolute Gasteiger partial charge is 0.384 e. The minimum Gasteiger partial charge on any atom is -0.384 e. The van der Waals surface area contributed by atoms with Crippen molar-refractivity contribution >= 4 is 5.82 Å². The maximum absolute atomic E-state index is 6.15. The van der Waals surface area contributed by atoms with E-state index in [0.29, 0.717) is 5.92 Å². The van der Waals surface area contributed by atoms with Crippen molar-refractivity contribution in [2.45, 2.75) is 64.2 Å². The first-order valence-electron chi connectivity index (χ1n) is 8.02. The summed E-state index contributed by atoms with van der Waals surface area (Å²) in [4.78, 5) is 0.